The van der Waals surface area contributed by atoms with Gasteiger partial charge in [0.05, 0.1) is 12.2 Å². The fourth-order valence-corrected chi connectivity index (χ4v) is 3.68. The molecule has 3 rings (SSSR count). The Balaban J connectivity index is 1.63. The van der Waals surface area contributed by atoms with Crippen LogP contribution in [0.25, 0.3) is 0 Å². The van der Waals surface area contributed by atoms with Crippen LogP contribution < -0.4 is 11.1 Å². The van der Waals surface area contributed by atoms with E-state index >= 15 is 0 Å². The van der Waals surface area contributed by atoms with Crippen LogP contribution in [0, 0.1) is 0 Å². The van der Waals surface area contributed by atoms with E-state index in [1.54, 1.807) is 0 Å². The fraction of sp³-hybridized carbons (Fsp3) is 0.615. The van der Waals surface area contributed by atoms with Crippen molar-refractivity contribution in [2.45, 2.75) is 31.9 Å². The molecule has 2 aliphatic heterocycles. The predicted octanol–water partition coefficient (Wildman–Crippen LogP) is 0.104. The van der Waals surface area contributed by atoms with Crippen molar-refractivity contribution < 1.29 is 14.3 Å². The summed E-state index contributed by atoms with van der Waals surface area (Å²) in [5.74, 6) is -0.442. The molecule has 7 nitrogen and oxygen atoms in total. The third-order valence-electron chi connectivity index (χ3n) is 3.64. The second-order valence-electron chi connectivity index (χ2n) is 5.31. The molecular formula is C13H18N4O3S. The van der Waals surface area contributed by atoms with Crippen LogP contribution in [-0.4, -0.2) is 47.5 Å². The van der Waals surface area contributed by atoms with E-state index in [0.717, 1.165) is 36.4 Å². The molecule has 114 valence electrons. The summed E-state index contributed by atoms with van der Waals surface area (Å²) in [7, 11) is 0. The molecule has 1 saturated heterocycles. The zero-order chi connectivity index (χ0) is 14.8. The van der Waals surface area contributed by atoms with Crippen molar-refractivity contribution in [2.75, 3.05) is 25.0 Å². The smallest absolute Gasteiger partial charge is 0.255 e. The number of thiazole rings is 1. The highest BCUT2D eigenvalue weighted by atomic mass is 32.1. The number of primary amides is 1. The SMILES string of the molecule is NC(=O)CN1CCc2nc(NC(=O)C3CCCO3)sc2C1. The fourth-order valence-electron chi connectivity index (χ4n) is 2.63. The first-order valence-electron chi connectivity index (χ1n) is 7.03. The first-order valence-corrected chi connectivity index (χ1v) is 7.85. The molecule has 0 bridgehead atoms. The van der Waals surface area contributed by atoms with Crippen LogP contribution in [0.4, 0.5) is 5.13 Å². The molecule has 1 atom stereocenters. The standard InChI is InChI=1S/C13H18N4O3S/c14-11(18)7-17-4-3-8-10(6-17)21-13(15-8)16-12(19)9-2-1-5-20-9/h9H,1-7H2,(H2,14,18)(H,15,16,19). The number of nitrogens with two attached hydrogens (primary N) is 1. The zero-order valence-electron chi connectivity index (χ0n) is 11.6. The van der Waals surface area contributed by atoms with Gasteiger partial charge in [0.2, 0.25) is 5.91 Å². The Kier molecular flexibility index (Phi) is 4.18. The molecule has 3 N–H and O–H groups in total. The minimum Gasteiger partial charge on any atom is -0.369 e. The maximum Gasteiger partial charge on any atom is 0.255 e. The van der Waals surface area contributed by atoms with Crippen LogP contribution in [0.1, 0.15) is 23.4 Å². The number of nitrogens with zero attached hydrogens (tertiary/aromatic N) is 2. The van der Waals surface area contributed by atoms with Crippen molar-refractivity contribution >= 4 is 28.3 Å². The molecule has 1 aromatic heterocycles. The third-order valence-corrected chi connectivity index (χ3v) is 4.64. The topological polar surface area (TPSA) is 97.5 Å². The monoisotopic (exact) mass is 310 g/mol. The number of anilines is 1. The van der Waals surface area contributed by atoms with E-state index < -0.39 is 0 Å². The molecule has 0 aliphatic carbocycles. The van der Waals surface area contributed by atoms with Gasteiger partial charge in [0.1, 0.15) is 6.10 Å². The highest BCUT2D eigenvalue weighted by Gasteiger charge is 2.26. The van der Waals surface area contributed by atoms with Gasteiger partial charge >= 0.3 is 0 Å². The molecule has 8 heteroatoms. The molecule has 0 spiro atoms. The maximum absolute atomic E-state index is 12.0. The highest BCUT2D eigenvalue weighted by Crippen LogP contribution is 2.28. The molecule has 1 aromatic rings. The van der Waals surface area contributed by atoms with E-state index in [1.807, 2.05) is 4.90 Å². The Morgan fingerprint density at radius 3 is 3.10 bits per heavy atom. The lowest BCUT2D eigenvalue weighted by Gasteiger charge is -2.24. The van der Waals surface area contributed by atoms with Crippen molar-refractivity contribution in [2.24, 2.45) is 5.73 Å². The van der Waals surface area contributed by atoms with Gasteiger partial charge in [-0.15, -0.1) is 11.3 Å². The van der Waals surface area contributed by atoms with Gasteiger partial charge < -0.3 is 10.5 Å². The number of aromatic nitrogens is 1. The summed E-state index contributed by atoms with van der Waals surface area (Å²) >= 11 is 1.46. The number of carbonyl (C=O) groups is 2. The zero-order valence-corrected chi connectivity index (χ0v) is 12.4. The summed E-state index contributed by atoms with van der Waals surface area (Å²) in [6.07, 6.45) is 2.12. The lowest BCUT2D eigenvalue weighted by atomic mass is 10.2. The normalized spacial score (nSPS) is 22.0. The van der Waals surface area contributed by atoms with Crippen molar-refractivity contribution in [3.8, 4) is 0 Å². The Morgan fingerprint density at radius 1 is 1.52 bits per heavy atom. The van der Waals surface area contributed by atoms with Gasteiger partial charge in [0, 0.05) is 31.0 Å². The van der Waals surface area contributed by atoms with Crippen LogP contribution in [0.2, 0.25) is 0 Å². The van der Waals surface area contributed by atoms with E-state index in [2.05, 4.69) is 10.3 Å². The van der Waals surface area contributed by atoms with E-state index in [0.29, 0.717) is 18.3 Å². The van der Waals surface area contributed by atoms with E-state index in [9.17, 15) is 9.59 Å². The first-order chi connectivity index (χ1) is 10.1. The summed E-state index contributed by atoms with van der Waals surface area (Å²) in [5.41, 5.74) is 6.22. The van der Waals surface area contributed by atoms with Crippen molar-refractivity contribution in [3.05, 3.63) is 10.6 Å². The number of hydrogen-bond donors (Lipinski definition) is 2. The lowest BCUT2D eigenvalue weighted by Crippen LogP contribution is -2.37. The van der Waals surface area contributed by atoms with Gasteiger partial charge in [-0.1, -0.05) is 0 Å². The Hall–Kier alpha value is -1.51. The molecule has 0 aromatic carbocycles. The average Bonchev–Trinajstić information content (AvgIpc) is 3.05. The van der Waals surface area contributed by atoms with Crippen LogP contribution >= 0.6 is 11.3 Å². The van der Waals surface area contributed by atoms with E-state index in [1.165, 1.54) is 11.3 Å². The number of carbonyl (C=O) groups excluding carboxylic acids is 2. The summed E-state index contributed by atoms with van der Waals surface area (Å²) in [6, 6.07) is 0. The molecule has 1 unspecified atom stereocenters. The van der Waals surface area contributed by atoms with Crippen LogP contribution in [0.3, 0.4) is 0 Å². The van der Waals surface area contributed by atoms with Crippen LogP contribution in [0.15, 0.2) is 0 Å². The largest absolute Gasteiger partial charge is 0.369 e. The number of amides is 2. The summed E-state index contributed by atoms with van der Waals surface area (Å²) in [5, 5.41) is 3.44. The number of hydrogen-bond acceptors (Lipinski definition) is 6. The van der Waals surface area contributed by atoms with Gasteiger partial charge in [0.15, 0.2) is 5.13 Å². The van der Waals surface area contributed by atoms with Crippen molar-refractivity contribution in [3.63, 3.8) is 0 Å². The van der Waals surface area contributed by atoms with Gasteiger partial charge in [-0.05, 0) is 12.8 Å². The Labute approximate surface area is 126 Å². The van der Waals surface area contributed by atoms with Crippen molar-refractivity contribution in [1.82, 2.24) is 9.88 Å². The van der Waals surface area contributed by atoms with E-state index in [4.69, 9.17) is 10.5 Å². The lowest BCUT2D eigenvalue weighted by molar-refractivity contribution is -0.124. The molecule has 3 heterocycles. The molecule has 0 radical (unpaired) electrons. The predicted molar refractivity (Wildman–Crippen MR) is 77.9 cm³/mol. The minimum absolute atomic E-state index is 0.118. The molecule has 1 fully saturated rings. The highest BCUT2D eigenvalue weighted by molar-refractivity contribution is 7.15. The molecule has 21 heavy (non-hydrogen) atoms. The quantitative estimate of drug-likeness (QED) is 0.822. The first kappa shape index (κ1) is 14.4. The van der Waals surface area contributed by atoms with Gasteiger partial charge in [0.25, 0.3) is 5.91 Å². The molecule has 2 amide bonds. The average molecular weight is 310 g/mol. The van der Waals surface area contributed by atoms with Crippen LogP contribution in [0.5, 0.6) is 0 Å². The molecule has 0 saturated carbocycles. The second-order valence-corrected chi connectivity index (χ2v) is 6.39. The molecular weight excluding hydrogens is 292 g/mol. The van der Waals surface area contributed by atoms with E-state index in [-0.39, 0.29) is 24.5 Å². The maximum atomic E-state index is 12.0. The Morgan fingerprint density at radius 2 is 2.38 bits per heavy atom. The molecule has 2 aliphatic rings. The minimum atomic E-state index is -0.350. The van der Waals surface area contributed by atoms with Crippen LogP contribution in [-0.2, 0) is 27.3 Å². The number of fused-ring (bicyclic) bond motifs is 1. The Bertz CT molecular complexity index is 554. The summed E-state index contributed by atoms with van der Waals surface area (Å²) < 4.78 is 5.35. The number of nitrogens with one attached hydrogen (secondary N) is 1. The van der Waals surface area contributed by atoms with Gasteiger partial charge in [-0.25, -0.2) is 4.98 Å². The third kappa shape index (κ3) is 3.39. The van der Waals surface area contributed by atoms with Crippen molar-refractivity contribution in [1.29, 1.82) is 0 Å². The van der Waals surface area contributed by atoms with Gasteiger partial charge in [-0.3, -0.25) is 19.8 Å². The number of rotatable bonds is 4. The van der Waals surface area contributed by atoms with Gasteiger partial charge in [-0.2, -0.15) is 0 Å². The second kappa shape index (κ2) is 6.08. The number of ether oxygens (including phenoxy) is 1. The summed E-state index contributed by atoms with van der Waals surface area (Å²) in [4.78, 5) is 30.5. The summed E-state index contributed by atoms with van der Waals surface area (Å²) in [6.45, 7) is 2.33.